The molecule has 33 heavy (non-hydrogen) atoms. The molecule has 1 aromatic rings. The number of likely N-dealkylation sites (tertiary alicyclic amines) is 1. The van der Waals surface area contributed by atoms with Gasteiger partial charge in [-0.15, -0.1) is 0 Å². The molecule has 0 aromatic heterocycles. The number of amides is 1. The van der Waals surface area contributed by atoms with Crippen molar-refractivity contribution in [2.75, 3.05) is 13.2 Å². The fourth-order valence-corrected chi connectivity index (χ4v) is 5.74. The van der Waals surface area contributed by atoms with E-state index in [1.54, 1.807) is 12.1 Å². The van der Waals surface area contributed by atoms with Gasteiger partial charge in [0, 0.05) is 24.1 Å². The molecule has 0 radical (unpaired) electrons. The van der Waals surface area contributed by atoms with E-state index < -0.39 is 11.2 Å². The Morgan fingerprint density at radius 1 is 1.33 bits per heavy atom. The van der Waals surface area contributed by atoms with Crippen molar-refractivity contribution >= 4 is 6.09 Å². The number of fused-ring (bicyclic) bond motifs is 3. The van der Waals surface area contributed by atoms with Gasteiger partial charge in [-0.2, -0.15) is 0 Å². The SMILES string of the molecule is CC(C)=CCC[C@]1(C)Oc2cc(O)ccc2[C@H]2OC[C@]3(CCCN3C(=O)OC(C)(C)C)C[C@@H]21. The highest BCUT2D eigenvalue weighted by atomic mass is 16.6. The molecule has 6 nitrogen and oxygen atoms in total. The molecular weight excluding hydrogens is 418 g/mol. The van der Waals surface area contributed by atoms with Crippen molar-refractivity contribution in [1.29, 1.82) is 0 Å². The summed E-state index contributed by atoms with van der Waals surface area (Å²) in [6.45, 7) is 13.3. The zero-order chi connectivity index (χ0) is 24.0. The Morgan fingerprint density at radius 3 is 2.79 bits per heavy atom. The number of ether oxygens (including phenoxy) is 3. The molecule has 1 N–H and O–H groups in total. The molecular formula is C27H39NO5. The number of allylic oxidation sites excluding steroid dienone is 2. The van der Waals surface area contributed by atoms with E-state index in [-0.39, 0.29) is 29.4 Å². The van der Waals surface area contributed by atoms with Crippen molar-refractivity contribution in [1.82, 2.24) is 4.90 Å². The summed E-state index contributed by atoms with van der Waals surface area (Å²) in [6.07, 6.45) is 6.25. The molecule has 1 aromatic carbocycles. The van der Waals surface area contributed by atoms with E-state index in [2.05, 4.69) is 26.8 Å². The van der Waals surface area contributed by atoms with Gasteiger partial charge in [0.15, 0.2) is 0 Å². The molecule has 2 fully saturated rings. The van der Waals surface area contributed by atoms with E-state index in [0.29, 0.717) is 18.9 Å². The summed E-state index contributed by atoms with van der Waals surface area (Å²) in [5.41, 5.74) is 0.875. The lowest BCUT2D eigenvalue weighted by Crippen LogP contribution is -2.60. The first-order chi connectivity index (χ1) is 15.4. The third-order valence-electron chi connectivity index (χ3n) is 7.33. The smallest absolute Gasteiger partial charge is 0.410 e. The Labute approximate surface area is 197 Å². The van der Waals surface area contributed by atoms with Gasteiger partial charge in [-0.25, -0.2) is 4.79 Å². The van der Waals surface area contributed by atoms with Crippen LogP contribution in [-0.4, -0.2) is 46.0 Å². The Hall–Kier alpha value is -2.21. The quantitative estimate of drug-likeness (QED) is 0.553. The van der Waals surface area contributed by atoms with Gasteiger partial charge in [0.25, 0.3) is 0 Å². The molecule has 1 spiro atoms. The average Bonchev–Trinajstić information content (AvgIpc) is 3.09. The molecule has 3 aliphatic rings. The van der Waals surface area contributed by atoms with Gasteiger partial charge in [-0.1, -0.05) is 11.6 Å². The highest BCUT2D eigenvalue weighted by Crippen LogP contribution is 2.55. The number of aromatic hydroxyl groups is 1. The van der Waals surface area contributed by atoms with E-state index >= 15 is 0 Å². The normalized spacial score (nSPS) is 30.9. The summed E-state index contributed by atoms with van der Waals surface area (Å²) in [6, 6.07) is 5.30. The molecule has 6 heteroatoms. The van der Waals surface area contributed by atoms with Gasteiger partial charge in [0.1, 0.15) is 22.7 Å². The number of rotatable bonds is 3. The van der Waals surface area contributed by atoms with Crippen LogP contribution in [0.5, 0.6) is 11.5 Å². The highest BCUT2D eigenvalue weighted by Gasteiger charge is 2.57. The number of hydrogen-bond acceptors (Lipinski definition) is 5. The second-order valence-corrected chi connectivity index (χ2v) is 11.5. The molecule has 0 bridgehead atoms. The van der Waals surface area contributed by atoms with Crippen LogP contribution in [0.1, 0.15) is 85.3 Å². The van der Waals surface area contributed by atoms with Gasteiger partial charge < -0.3 is 24.2 Å². The maximum atomic E-state index is 13.1. The Morgan fingerprint density at radius 2 is 2.09 bits per heavy atom. The number of phenols is 1. The van der Waals surface area contributed by atoms with Crippen LogP contribution in [-0.2, 0) is 9.47 Å². The third kappa shape index (κ3) is 4.72. The topological polar surface area (TPSA) is 68.2 Å². The number of carbonyl (C=O) groups excluding carboxylic acids is 1. The lowest BCUT2D eigenvalue weighted by Gasteiger charge is -2.54. The molecule has 4 rings (SSSR count). The van der Waals surface area contributed by atoms with Crippen LogP contribution >= 0.6 is 0 Å². The highest BCUT2D eigenvalue weighted by molar-refractivity contribution is 5.70. The summed E-state index contributed by atoms with van der Waals surface area (Å²) in [4.78, 5) is 15.0. The minimum Gasteiger partial charge on any atom is -0.508 e. The predicted molar refractivity (Wildman–Crippen MR) is 128 cm³/mol. The second-order valence-electron chi connectivity index (χ2n) is 11.5. The average molecular weight is 458 g/mol. The van der Waals surface area contributed by atoms with E-state index in [0.717, 1.165) is 37.7 Å². The van der Waals surface area contributed by atoms with Crippen molar-refractivity contribution in [3.8, 4) is 11.5 Å². The van der Waals surface area contributed by atoms with Gasteiger partial charge in [0.2, 0.25) is 0 Å². The molecule has 4 atom stereocenters. The molecule has 0 unspecified atom stereocenters. The lowest BCUT2D eigenvalue weighted by molar-refractivity contribution is -0.170. The maximum absolute atomic E-state index is 13.1. The fraction of sp³-hybridized carbons (Fsp3) is 0.667. The molecule has 3 heterocycles. The van der Waals surface area contributed by atoms with E-state index in [1.807, 2.05) is 31.7 Å². The number of phenolic OH excluding ortho intramolecular Hbond substituents is 1. The molecule has 3 aliphatic heterocycles. The zero-order valence-electron chi connectivity index (χ0n) is 20.9. The van der Waals surface area contributed by atoms with Crippen LogP contribution in [0.2, 0.25) is 0 Å². The molecule has 182 valence electrons. The number of carbonyl (C=O) groups is 1. The number of hydrogen-bond donors (Lipinski definition) is 1. The first kappa shape index (κ1) is 23.9. The minimum absolute atomic E-state index is 0.0805. The monoisotopic (exact) mass is 457 g/mol. The van der Waals surface area contributed by atoms with E-state index in [1.165, 1.54) is 5.57 Å². The lowest BCUT2D eigenvalue weighted by atomic mass is 9.68. The molecule has 0 aliphatic carbocycles. The summed E-state index contributed by atoms with van der Waals surface area (Å²) in [5.74, 6) is 0.970. The van der Waals surface area contributed by atoms with Gasteiger partial charge >= 0.3 is 6.09 Å². The van der Waals surface area contributed by atoms with Crippen molar-refractivity contribution in [3.63, 3.8) is 0 Å². The van der Waals surface area contributed by atoms with Crippen LogP contribution in [0.25, 0.3) is 0 Å². The molecule has 2 saturated heterocycles. The van der Waals surface area contributed by atoms with Crippen LogP contribution in [0.15, 0.2) is 29.8 Å². The fourth-order valence-electron chi connectivity index (χ4n) is 5.74. The van der Waals surface area contributed by atoms with E-state index in [4.69, 9.17) is 14.2 Å². The third-order valence-corrected chi connectivity index (χ3v) is 7.33. The predicted octanol–water partition coefficient (Wildman–Crippen LogP) is 6.14. The number of nitrogens with zero attached hydrogens (tertiary/aromatic N) is 1. The molecule has 1 amide bonds. The van der Waals surface area contributed by atoms with Crippen molar-refractivity contribution in [2.24, 2.45) is 5.92 Å². The maximum Gasteiger partial charge on any atom is 0.410 e. The Bertz CT molecular complexity index is 931. The number of benzene rings is 1. The summed E-state index contributed by atoms with van der Waals surface area (Å²) in [7, 11) is 0. The van der Waals surface area contributed by atoms with Crippen molar-refractivity contribution < 1.29 is 24.1 Å². The first-order valence-corrected chi connectivity index (χ1v) is 12.2. The van der Waals surface area contributed by atoms with Crippen LogP contribution < -0.4 is 4.74 Å². The van der Waals surface area contributed by atoms with Crippen molar-refractivity contribution in [3.05, 3.63) is 35.4 Å². The Kier molecular flexibility index (Phi) is 6.19. The van der Waals surface area contributed by atoms with Crippen LogP contribution in [0, 0.1) is 5.92 Å². The summed E-state index contributed by atoms with van der Waals surface area (Å²) < 4.78 is 19.0. The summed E-state index contributed by atoms with van der Waals surface area (Å²) in [5, 5.41) is 10.1. The Balaban J connectivity index is 1.66. The van der Waals surface area contributed by atoms with Crippen LogP contribution in [0.3, 0.4) is 0 Å². The minimum atomic E-state index is -0.535. The zero-order valence-corrected chi connectivity index (χ0v) is 20.9. The van der Waals surface area contributed by atoms with Gasteiger partial charge in [0.05, 0.1) is 18.2 Å². The van der Waals surface area contributed by atoms with Gasteiger partial charge in [-0.3, -0.25) is 0 Å². The standard InChI is InChI=1S/C27H39NO5/c1-18(2)9-7-12-26(6)21-16-27(13-8-14-28(27)24(30)33-25(3,4)5)17-31-23(21)20-11-10-19(29)15-22(20)32-26/h9-11,15,21,23,29H,7-8,12-14,16-17H2,1-6H3/t21-,23+,26-,27-/m0/s1. The summed E-state index contributed by atoms with van der Waals surface area (Å²) >= 11 is 0. The largest absolute Gasteiger partial charge is 0.508 e. The second kappa shape index (κ2) is 8.53. The first-order valence-electron chi connectivity index (χ1n) is 12.2. The molecule has 0 saturated carbocycles. The van der Waals surface area contributed by atoms with E-state index in [9.17, 15) is 9.90 Å². The van der Waals surface area contributed by atoms with Crippen LogP contribution in [0.4, 0.5) is 4.79 Å². The van der Waals surface area contributed by atoms with Gasteiger partial charge in [-0.05, 0) is 85.8 Å². The van der Waals surface area contributed by atoms with Crippen molar-refractivity contribution in [2.45, 2.75) is 96.5 Å².